The van der Waals surface area contributed by atoms with Crippen LogP contribution in [-0.4, -0.2) is 15.7 Å². The van der Waals surface area contributed by atoms with E-state index in [1.54, 1.807) is 0 Å². The summed E-state index contributed by atoms with van der Waals surface area (Å²) in [7, 11) is 0. The van der Waals surface area contributed by atoms with Gasteiger partial charge in [0.25, 0.3) is 5.91 Å². The minimum Gasteiger partial charge on any atom is -0.486 e. The van der Waals surface area contributed by atoms with E-state index >= 15 is 0 Å². The summed E-state index contributed by atoms with van der Waals surface area (Å²) in [5.41, 5.74) is -0.842. The molecule has 6 nitrogen and oxygen atoms in total. The lowest BCUT2D eigenvalue weighted by Crippen LogP contribution is -2.13. The van der Waals surface area contributed by atoms with Crippen molar-refractivity contribution in [3.05, 3.63) is 101 Å². The molecular formula is C22H14F5N3O3. The Morgan fingerprint density at radius 1 is 0.970 bits per heavy atom. The van der Waals surface area contributed by atoms with Crippen molar-refractivity contribution in [1.82, 2.24) is 9.78 Å². The van der Waals surface area contributed by atoms with E-state index in [0.29, 0.717) is 11.5 Å². The quantitative estimate of drug-likeness (QED) is 0.308. The van der Waals surface area contributed by atoms with Gasteiger partial charge in [-0.15, -0.1) is 0 Å². The van der Waals surface area contributed by atoms with Crippen LogP contribution in [0.2, 0.25) is 0 Å². The zero-order valence-electron chi connectivity index (χ0n) is 16.6. The predicted molar refractivity (Wildman–Crippen MR) is 105 cm³/mol. The summed E-state index contributed by atoms with van der Waals surface area (Å²) in [6, 6.07) is 9.72. The van der Waals surface area contributed by atoms with Gasteiger partial charge in [0, 0.05) is 18.3 Å². The summed E-state index contributed by atoms with van der Waals surface area (Å²) in [6.07, 6.45) is 1.27. The van der Waals surface area contributed by atoms with Crippen LogP contribution in [0.5, 0.6) is 5.75 Å². The average Bonchev–Trinajstić information content (AvgIpc) is 3.44. The minimum absolute atomic E-state index is 0.00510. The molecule has 11 heteroatoms. The summed E-state index contributed by atoms with van der Waals surface area (Å²) in [6.45, 7) is -0.608. The predicted octanol–water partition coefficient (Wildman–Crippen LogP) is 5.05. The highest BCUT2D eigenvalue weighted by Gasteiger charge is 2.20. The number of amides is 1. The van der Waals surface area contributed by atoms with E-state index < -0.39 is 47.1 Å². The van der Waals surface area contributed by atoms with Gasteiger partial charge in [-0.25, -0.2) is 22.0 Å². The van der Waals surface area contributed by atoms with Crippen molar-refractivity contribution >= 4 is 11.7 Å². The van der Waals surface area contributed by atoms with Crippen LogP contribution in [0.3, 0.4) is 0 Å². The molecule has 0 saturated carbocycles. The molecule has 0 atom stereocenters. The molecule has 0 aliphatic carbocycles. The van der Waals surface area contributed by atoms with Gasteiger partial charge in [-0.2, -0.15) is 5.10 Å². The largest absolute Gasteiger partial charge is 0.486 e. The van der Waals surface area contributed by atoms with Crippen LogP contribution in [0.15, 0.2) is 59.1 Å². The molecule has 2 aromatic carbocycles. The first kappa shape index (κ1) is 22.1. The lowest BCUT2D eigenvalue weighted by atomic mass is 10.2. The first-order valence-electron chi connectivity index (χ1n) is 9.44. The molecule has 0 aliphatic rings. The van der Waals surface area contributed by atoms with Gasteiger partial charge in [0.05, 0.1) is 12.1 Å². The Hall–Kier alpha value is -4.15. The van der Waals surface area contributed by atoms with Crippen molar-refractivity contribution in [2.24, 2.45) is 0 Å². The monoisotopic (exact) mass is 463 g/mol. The number of carbonyl (C=O) groups is 1. The van der Waals surface area contributed by atoms with Crippen LogP contribution >= 0.6 is 0 Å². The third-order valence-corrected chi connectivity index (χ3v) is 4.49. The molecule has 0 bridgehead atoms. The molecule has 33 heavy (non-hydrogen) atoms. The number of carbonyl (C=O) groups excluding carboxylic acids is 1. The number of anilines is 1. The zero-order chi connectivity index (χ0) is 23.5. The molecule has 0 fully saturated rings. The highest BCUT2D eigenvalue weighted by Crippen LogP contribution is 2.21. The summed E-state index contributed by atoms with van der Waals surface area (Å²) < 4.78 is 79.1. The second-order valence-electron chi connectivity index (χ2n) is 6.81. The van der Waals surface area contributed by atoms with Crippen molar-refractivity contribution < 1.29 is 35.9 Å². The molecule has 1 N–H and O–H groups in total. The SMILES string of the molecule is O=C(Nc1ccn(Cc2c(F)c(F)cc(F)c2F)n1)c1ccc(COc2ccc(F)cc2)o1. The molecule has 0 aliphatic heterocycles. The fourth-order valence-electron chi connectivity index (χ4n) is 2.88. The van der Waals surface area contributed by atoms with Crippen molar-refractivity contribution in [3.8, 4) is 5.75 Å². The van der Waals surface area contributed by atoms with E-state index in [9.17, 15) is 26.7 Å². The molecule has 2 aromatic heterocycles. The first-order valence-corrected chi connectivity index (χ1v) is 9.44. The van der Waals surface area contributed by atoms with Gasteiger partial charge in [-0.3, -0.25) is 9.48 Å². The zero-order valence-corrected chi connectivity index (χ0v) is 16.6. The lowest BCUT2D eigenvalue weighted by Gasteiger charge is -2.07. The maximum atomic E-state index is 13.8. The van der Waals surface area contributed by atoms with E-state index in [-0.39, 0.29) is 24.3 Å². The average molecular weight is 463 g/mol. The Labute approximate surface area is 183 Å². The number of nitrogens with one attached hydrogen (secondary N) is 1. The maximum Gasteiger partial charge on any atom is 0.292 e. The number of ether oxygens (including phenoxy) is 1. The van der Waals surface area contributed by atoms with E-state index in [4.69, 9.17) is 9.15 Å². The Kier molecular flexibility index (Phi) is 6.11. The normalized spacial score (nSPS) is 10.9. The number of hydrogen-bond acceptors (Lipinski definition) is 4. The summed E-state index contributed by atoms with van der Waals surface area (Å²) in [5.74, 6) is -6.48. The standard InChI is InChI=1S/C22H14F5N3O3/c23-12-1-3-13(4-2-12)32-11-14-5-6-18(33-14)22(31)28-19-7-8-30(29-19)10-15-20(26)16(24)9-17(25)21(15)27/h1-9H,10-11H2,(H,28,29,31). The van der Waals surface area contributed by atoms with Crippen molar-refractivity contribution in [3.63, 3.8) is 0 Å². The van der Waals surface area contributed by atoms with Crippen LogP contribution < -0.4 is 10.1 Å². The number of hydrogen-bond donors (Lipinski definition) is 1. The third-order valence-electron chi connectivity index (χ3n) is 4.49. The van der Waals surface area contributed by atoms with Crippen LogP contribution in [-0.2, 0) is 13.2 Å². The van der Waals surface area contributed by atoms with Crippen molar-refractivity contribution in [2.75, 3.05) is 5.32 Å². The maximum absolute atomic E-state index is 13.8. The van der Waals surface area contributed by atoms with Gasteiger partial charge < -0.3 is 14.5 Å². The number of halogens is 5. The van der Waals surface area contributed by atoms with Crippen molar-refractivity contribution in [2.45, 2.75) is 13.2 Å². The van der Waals surface area contributed by atoms with Crippen LogP contribution in [0.25, 0.3) is 0 Å². The van der Waals surface area contributed by atoms with Gasteiger partial charge in [0.2, 0.25) is 0 Å². The van der Waals surface area contributed by atoms with E-state index in [1.807, 2.05) is 0 Å². The number of rotatable bonds is 7. The fourth-order valence-corrected chi connectivity index (χ4v) is 2.88. The van der Waals surface area contributed by atoms with E-state index in [0.717, 1.165) is 4.68 Å². The summed E-state index contributed by atoms with van der Waals surface area (Å²) in [5, 5.41) is 6.34. The van der Waals surface area contributed by atoms with E-state index in [2.05, 4.69) is 10.4 Å². The summed E-state index contributed by atoms with van der Waals surface area (Å²) >= 11 is 0. The van der Waals surface area contributed by atoms with Gasteiger partial charge in [-0.05, 0) is 36.4 Å². The Bertz CT molecular complexity index is 1280. The number of nitrogens with zero attached hydrogens (tertiary/aromatic N) is 2. The number of benzene rings is 2. The molecule has 1 amide bonds. The van der Waals surface area contributed by atoms with E-state index in [1.165, 1.54) is 48.7 Å². The molecule has 4 aromatic rings. The molecule has 170 valence electrons. The second kappa shape index (κ2) is 9.15. The highest BCUT2D eigenvalue weighted by molar-refractivity contribution is 6.01. The van der Waals surface area contributed by atoms with Crippen LogP contribution in [0.4, 0.5) is 27.8 Å². The molecular weight excluding hydrogens is 449 g/mol. The topological polar surface area (TPSA) is 69.3 Å². The first-order chi connectivity index (χ1) is 15.8. The van der Waals surface area contributed by atoms with Crippen LogP contribution in [0.1, 0.15) is 21.9 Å². The van der Waals surface area contributed by atoms with Gasteiger partial charge in [0.15, 0.2) is 34.8 Å². The van der Waals surface area contributed by atoms with Gasteiger partial charge >= 0.3 is 0 Å². The second-order valence-corrected chi connectivity index (χ2v) is 6.81. The highest BCUT2D eigenvalue weighted by atomic mass is 19.2. The number of furan rings is 1. The third kappa shape index (κ3) is 5.03. The number of aromatic nitrogens is 2. The molecule has 2 heterocycles. The van der Waals surface area contributed by atoms with Crippen LogP contribution in [0, 0.1) is 29.1 Å². The minimum atomic E-state index is -1.53. The smallest absolute Gasteiger partial charge is 0.292 e. The lowest BCUT2D eigenvalue weighted by molar-refractivity contribution is 0.0992. The summed E-state index contributed by atoms with van der Waals surface area (Å²) in [4.78, 5) is 12.3. The molecule has 4 rings (SSSR count). The molecule has 0 saturated heterocycles. The van der Waals surface area contributed by atoms with Crippen molar-refractivity contribution in [1.29, 1.82) is 0 Å². The van der Waals surface area contributed by atoms with Gasteiger partial charge in [0.1, 0.15) is 23.9 Å². The fraction of sp³-hybridized carbons (Fsp3) is 0.0909. The molecule has 0 spiro atoms. The molecule has 0 radical (unpaired) electrons. The Morgan fingerprint density at radius 3 is 2.36 bits per heavy atom. The molecule has 0 unspecified atom stereocenters. The van der Waals surface area contributed by atoms with Gasteiger partial charge in [-0.1, -0.05) is 0 Å². The Balaban J connectivity index is 1.38. The Morgan fingerprint density at radius 2 is 1.67 bits per heavy atom.